The van der Waals surface area contributed by atoms with Crippen molar-refractivity contribution in [2.75, 3.05) is 19.7 Å². The molecule has 24 heavy (non-hydrogen) atoms. The number of nitrogens with one attached hydrogen (secondary N) is 1. The fourth-order valence-corrected chi connectivity index (χ4v) is 3.18. The van der Waals surface area contributed by atoms with E-state index in [1.54, 1.807) is 18.5 Å². The molecule has 4 rings (SSSR count). The number of fused-ring (bicyclic) bond motifs is 1. The van der Waals surface area contributed by atoms with Crippen LogP contribution in [0.5, 0.6) is 11.5 Å². The van der Waals surface area contributed by atoms with Gasteiger partial charge in [-0.2, -0.15) is 0 Å². The summed E-state index contributed by atoms with van der Waals surface area (Å²) in [4.78, 5) is 4.24. The number of imidazole rings is 1. The first-order valence-electron chi connectivity index (χ1n) is 8.38. The van der Waals surface area contributed by atoms with Crippen molar-refractivity contribution < 1.29 is 9.84 Å². The van der Waals surface area contributed by atoms with Crippen LogP contribution in [0.1, 0.15) is 12.8 Å². The summed E-state index contributed by atoms with van der Waals surface area (Å²) in [5.74, 6) is 1.73. The van der Waals surface area contributed by atoms with Crippen LogP contribution in [-0.4, -0.2) is 34.2 Å². The smallest absolute Gasteiger partial charge is 0.145 e. The first-order valence-corrected chi connectivity index (χ1v) is 8.38. The Balaban J connectivity index is 1.63. The van der Waals surface area contributed by atoms with Gasteiger partial charge in [-0.15, -0.1) is 0 Å². The molecule has 2 aromatic heterocycles. The topological polar surface area (TPSA) is 58.8 Å². The van der Waals surface area contributed by atoms with Crippen molar-refractivity contribution in [3.63, 3.8) is 0 Å². The molecule has 3 aromatic rings. The Kier molecular flexibility index (Phi) is 4.09. The molecule has 1 saturated heterocycles. The van der Waals surface area contributed by atoms with E-state index in [1.807, 2.05) is 28.9 Å². The molecule has 0 saturated carbocycles. The number of aromatic nitrogens is 2. The highest BCUT2D eigenvalue weighted by molar-refractivity contribution is 5.71. The first kappa shape index (κ1) is 15.0. The molecule has 0 bridgehead atoms. The molecule has 0 radical (unpaired) electrons. The number of phenolic OH excluding ortho intramolecular Hbond substituents is 1. The van der Waals surface area contributed by atoms with E-state index >= 15 is 0 Å². The predicted molar refractivity (Wildman–Crippen MR) is 93.4 cm³/mol. The molecule has 3 heterocycles. The van der Waals surface area contributed by atoms with Crippen LogP contribution in [0.15, 0.2) is 49.1 Å². The second-order valence-corrected chi connectivity index (χ2v) is 6.33. The molecule has 1 fully saturated rings. The first-order chi connectivity index (χ1) is 11.8. The Morgan fingerprint density at radius 2 is 1.96 bits per heavy atom. The molecule has 0 aliphatic carbocycles. The highest BCUT2D eigenvalue weighted by Gasteiger charge is 2.15. The number of phenols is 1. The van der Waals surface area contributed by atoms with Crippen molar-refractivity contribution >= 4 is 5.52 Å². The van der Waals surface area contributed by atoms with Gasteiger partial charge in [0.25, 0.3) is 0 Å². The zero-order valence-corrected chi connectivity index (χ0v) is 13.5. The molecule has 0 atom stereocenters. The summed E-state index contributed by atoms with van der Waals surface area (Å²) in [7, 11) is 0. The Bertz CT molecular complexity index is 820. The van der Waals surface area contributed by atoms with Crippen LogP contribution in [0.3, 0.4) is 0 Å². The van der Waals surface area contributed by atoms with Gasteiger partial charge in [0, 0.05) is 11.8 Å². The lowest BCUT2D eigenvalue weighted by Gasteiger charge is -2.23. The third-order valence-corrected chi connectivity index (χ3v) is 4.62. The maximum Gasteiger partial charge on any atom is 0.145 e. The number of rotatable bonds is 4. The molecule has 124 valence electrons. The maximum absolute atomic E-state index is 9.48. The van der Waals surface area contributed by atoms with Crippen LogP contribution in [0.25, 0.3) is 16.6 Å². The van der Waals surface area contributed by atoms with Gasteiger partial charge in [-0.25, -0.2) is 4.98 Å². The molecule has 1 aliphatic rings. The van der Waals surface area contributed by atoms with E-state index in [9.17, 15) is 5.11 Å². The number of pyridine rings is 1. The third-order valence-electron chi connectivity index (χ3n) is 4.62. The molecule has 1 aliphatic heterocycles. The van der Waals surface area contributed by atoms with Crippen molar-refractivity contribution in [2.45, 2.75) is 12.8 Å². The van der Waals surface area contributed by atoms with E-state index in [4.69, 9.17) is 4.74 Å². The van der Waals surface area contributed by atoms with E-state index in [-0.39, 0.29) is 5.75 Å². The van der Waals surface area contributed by atoms with Crippen molar-refractivity contribution in [3.05, 3.63) is 49.1 Å². The number of aromatic hydroxyl groups is 1. The van der Waals surface area contributed by atoms with Crippen molar-refractivity contribution in [2.24, 2.45) is 5.92 Å². The second kappa shape index (κ2) is 6.53. The van der Waals surface area contributed by atoms with Crippen molar-refractivity contribution in [1.29, 1.82) is 0 Å². The lowest BCUT2D eigenvalue weighted by molar-refractivity contribution is 0.216. The summed E-state index contributed by atoms with van der Waals surface area (Å²) in [6.07, 6.45) is 7.97. The molecular formula is C19H21N3O2. The second-order valence-electron chi connectivity index (χ2n) is 6.33. The lowest BCUT2D eigenvalue weighted by Crippen LogP contribution is -2.30. The van der Waals surface area contributed by atoms with Crippen LogP contribution in [0.2, 0.25) is 0 Å². The van der Waals surface area contributed by atoms with Gasteiger partial charge < -0.3 is 19.6 Å². The normalized spacial score (nSPS) is 15.7. The Labute approximate surface area is 140 Å². The molecule has 0 unspecified atom stereocenters. The number of hydrogen-bond acceptors (Lipinski definition) is 4. The number of benzene rings is 1. The van der Waals surface area contributed by atoms with Gasteiger partial charge in [0.1, 0.15) is 17.0 Å². The van der Waals surface area contributed by atoms with E-state index in [1.165, 1.54) is 0 Å². The van der Waals surface area contributed by atoms with Gasteiger partial charge in [-0.3, -0.25) is 0 Å². The summed E-state index contributed by atoms with van der Waals surface area (Å²) < 4.78 is 8.15. The van der Waals surface area contributed by atoms with Gasteiger partial charge in [-0.1, -0.05) is 12.1 Å². The van der Waals surface area contributed by atoms with Crippen molar-refractivity contribution in [3.8, 4) is 22.6 Å². The van der Waals surface area contributed by atoms with Gasteiger partial charge in [0.05, 0.1) is 19.1 Å². The van der Waals surface area contributed by atoms with E-state index < -0.39 is 0 Å². The standard InChI is InChI=1S/C19H21N3O2/c23-17-3-1-15(2-4-17)16-9-19(18-10-21-13-22(18)11-16)24-12-14-5-7-20-8-6-14/h1-4,9-11,13-14,20,23H,5-8,12H2. The number of ether oxygens (including phenoxy) is 1. The third kappa shape index (κ3) is 3.08. The maximum atomic E-state index is 9.48. The fraction of sp³-hybridized carbons (Fsp3) is 0.316. The highest BCUT2D eigenvalue weighted by Crippen LogP contribution is 2.29. The summed E-state index contributed by atoms with van der Waals surface area (Å²) >= 11 is 0. The minimum absolute atomic E-state index is 0.268. The fourth-order valence-electron chi connectivity index (χ4n) is 3.18. The number of piperidine rings is 1. The number of nitrogens with zero attached hydrogens (tertiary/aromatic N) is 2. The lowest BCUT2D eigenvalue weighted by atomic mass is 9.99. The Hall–Kier alpha value is -2.53. The minimum Gasteiger partial charge on any atom is -0.508 e. The van der Waals surface area contributed by atoms with Gasteiger partial charge in [0.15, 0.2) is 0 Å². The molecule has 5 heteroatoms. The highest BCUT2D eigenvalue weighted by atomic mass is 16.5. The molecule has 0 amide bonds. The average Bonchev–Trinajstić information content (AvgIpc) is 3.10. The predicted octanol–water partition coefficient (Wildman–Crippen LogP) is 3.09. The van der Waals surface area contributed by atoms with Crippen molar-refractivity contribution in [1.82, 2.24) is 14.7 Å². The molecule has 2 N–H and O–H groups in total. The van der Waals surface area contributed by atoms with Crippen LogP contribution >= 0.6 is 0 Å². The molecule has 5 nitrogen and oxygen atoms in total. The average molecular weight is 323 g/mol. The molecule has 0 spiro atoms. The number of hydrogen-bond donors (Lipinski definition) is 2. The summed E-state index contributed by atoms with van der Waals surface area (Å²) in [5.41, 5.74) is 3.06. The zero-order valence-electron chi connectivity index (χ0n) is 13.5. The summed E-state index contributed by atoms with van der Waals surface area (Å²) in [6, 6.07) is 9.27. The van der Waals surface area contributed by atoms with E-state index in [2.05, 4.69) is 16.4 Å². The van der Waals surface area contributed by atoms with E-state index in [0.717, 1.165) is 54.9 Å². The molecule has 1 aromatic carbocycles. The summed E-state index contributed by atoms with van der Waals surface area (Å²) in [5, 5.41) is 12.9. The largest absolute Gasteiger partial charge is 0.508 e. The Morgan fingerprint density at radius 3 is 2.75 bits per heavy atom. The van der Waals surface area contributed by atoms with E-state index in [0.29, 0.717) is 5.92 Å². The summed E-state index contributed by atoms with van der Waals surface area (Å²) in [6.45, 7) is 2.88. The van der Waals surface area contributed by atoms with Crippen LogP contribution in [-0.2, 0) is 0 Å². The van der Waals surface area contributed by atoms with Gasteiger partial charge in [0.2, 0.25) is 0 Å². The SMILES string of the molecule is Oc1ccc(-c2cc(OCC3CCNCC3)c3cncn3c2)cc1. The van der Waals surface area contributed by atoms with Crippen LogP contribution < -0.4 is 10.1 Å². The monoisotopic (exact) mass is 323 g/mol. The minimum atomic E-state index is 0.268. The van der Waals surface area contributed by atoms with Gasteiger partial charge in [-0.05, 0) is 55.6 Å². The Morgan fingerprint density at radius 1 is 1.17 bits per heavy atom. The zero-order chi connectivity index (χ0) is 16.4. The molecular weight excluding hydrogens is 302 g/mol. The van der Waals surface area contributed by atoms with Crippen LogP contribution in [0.4, 0.5) is 0 Å². The van der Waals surface area contributed by atoms with Crippen LogP contribution in [0, 0.1) is 5.92 Å². The van der Waals surface area contributed by atoms with Gasteiger partial charge >= 0.3 is 0 Å². The quantitative estimate of drug-likeness (QED) is 0.775.